The van der Waals surface area contributed by atoms with Gasteiger partial charge in [-0.25, -0.2) is 0 Å². The predicted octanol–water partition coefficient (Wildman–Crippen LogP) is 4.76. The lowest BCUT2D eigenvalue weighted by Gasteiger charge is -2.28. The van der Waals surface area contributed by atoms with Gasteiger partial charge in [0.05, 0.1) is 0 Å². The zero-order valence-corrected chi connectivity index (χ0v) is 19.0. The second kappa shape index (κ2) is 11.3. The maximum absolute atomic E-state index is 13.0. The van der Waals surface area contributed by atoms with E-state index in [1.807, 2.05) is 61.5 Å². The Morgan fingerprint density at radius 1 is 0.938 bits per heavy atom. The highest BCUT2D eigenvalue weighted by atomic mass is 35.5. The quantitative estimate of drug-likeness (QED) is 0.511. The van der Waals surface area contributed by atoms with Crippen molar-refractivity contribution in [3.05, 3.63) is 101 Å². The number of carbonyl (C=O) groups is 2. The minimum atomic E-state index is -0.678. The average Bonchev–Trinajstić information content (AvgIpc) is 2.82. The van der Waals surface area contributed by atoms with E-state index in [1.165, 1.54) is 4.90 Å². The molecule has 1 N–H and O–H groups in total. The number of nitrogens with one attached hydrogen (secondary N) is 1. The summed E-state index contributed by atoms with van der Waals surface area (Å²) in [6.45, 7) is 4.25. The van der Waals surface area contributed by atoms with Gasteiger partial charge in [-0.05, 0) is 49.2 Å². The van der Waals surface area contributed by atoms with Crippen molar-refractivity contribution >= 4 is 23.4 Å². The van der Waals surface area contributed by atoms with Gasteiger partial charge in [0.2, 0.25) is 5.91 Å². The molecular formula is C26H27ClN2O3. The summed E-state index contributed by atoms with van der Waals surface area (Å²) in [6, 6.07) is 23.6. The van der Waals surface area contributed by atoms with Gasteiger partial charge < -0.3 is 15.0 Å². The first-order valence-corrected chi connectivity index (χ1v) is 10.8. The fourth-order valence-electron chi connectivity index (χ4n) is 3.16. The van der Waals surface area contributed by atoms with Crippen LogP contribution in [0.5, 0.6) is 5.75 Å². The van der Waals surface area contributed by atoms with Crippen LogP contribution in [0.15, 0.2) is 78.9 Å². The summed E-state index contributed by atoms with van der Waals surface area (Å²) >= 11 is 5.99. The van der Waals surface area contributed by atoms with Gasteiger partial charge in [0.15, 0.2) is 6.61 Å². The lowest BCUT2D eigenvalue weighted by Crippen LogP contribution is -2.48. The number of ether oxygens (including phenoxy) is 1. The largest absolute Gasteiger partial charge is 0.484 e. The Labute approximate surface area is 194 Å². The van der Waals surface area contributed by atoms with Crippen molar-refractivity contribution < 1.29 is 14.3 Å². The van der Waals surface area contributed by atoms with Crippen LogP contribution in [0.4, 0.5) is 0 Å². The maximum atomic E-state index is 13.0. The number of carbonyl (C=O) groups excluding carboxylic acids is 2. The Balaban J connectivity index is 1.68. The molecule has 0 aliphatic heterocycles. The molecule has 166 valence electrons. The standard InChI is InChI=1S/C26H27ClN2O3/c1-19-8-10-21(11-9-19)16-28-26(31)20(2)29(17-22-12-14-23(27)15-13-22)25(30)18-32-24-6-4-3-5-7-24/h3-15,20H,16-18H2,1-2H3,(H,28,31). The number of amides is 2. The van der Waals surface area contributed by atoms with Gasteiger partial charge in [-0.3, -0.25) is 9.59 Å². The molecular weight excluding hydrogens is 424 g/mol. The van der Waals surface area contributed by atoms with Gasteiger partial charge in [-0.15, -0.1) is 0 Å². The van der Waals surface area contributed by atoms with Crippen molar-refractivity contribution in [2.45, 2.75) is 33.0 Å². The fourth-order valence-corrected chi connectivity index (χ4v) is 3.28. The smallest absolute Gasteiger partial charge is 0.261 e. The molecule has 0 aromatic heterocycles. The Morgan fingerprint density at radius 2 is 1.56 bits per heavy atom. The summed E-state index contributed by atoms with van der Waals surface area (Å²) in [5.74, 6) is 0.0955. The number of benzene rings is 3. The predicted molar refractivity (Wildman–Crippen MR) is 126 cm³/mol. The number of halogens is 1. The van der Waals surface area contributed by atoms with Crippen molar-refractivity contribution in [3.8, 4) is 5.75 Å². The molecule has 6 heteroatoms. The van der Waals surface area contributed by atoms with Gasteiger partial charge >= 0.3 is 0 Å². The van der Waals surface area contributed by atoms with Gasteiger partial charge in [-0.1, -0.05) is 71.8 Å². The fraction of sp³-hybridized carbons (Fsp3) is 0.231. The van der Waals surface area contributed by atoms with Crippen LogP contribution >= 0.6 is 11.6 Å². The second-order valence-corrected chi connectivity index (χ2v) is 8.07. The van der Waals surface area contributed by atoms with Gasteiger partial charge in [-0.2, -0.15) is 0 Å². The molecule has 1 unspecified atom stereocenters. The topological polar surface area (TPSA) is 58.6 Å². The zero-order chi connectivity index (χ0) is 22.9. The zero-order valence-electron chi connectivity index (χ0n) is 18.3. The number of rotatable bonds is 9. The molecule has 3 aromatic carbocycles. The van der Waals surface area contributed by atoms with Crippen LogP contribution in [-0.4, -0.2) is 29.4 Å². The summed E-state index contributed by atoms with van der Waals surface area (Å²) in [5, 5.41) is 3.54. The summed E-state index contributed by atoms with van der Waals surface area (Å²) in [5.41, 5.74) is 3.03. The molecule has 0 heterocycles. The Morgan fingerprint density at radius 3 is 2.22 bits per heavy atom. The number of aryl methyl sites for hydroxylation is 1. The molecule has 3 aromatic rings. The molecule has 2 amide bonds. The first-order chi connectivity index (χ1) is 15.4. The van der Waals surface area contributed by atoms with Gasteiger partial charge in [0.25, 0.3) is 5.91 Å². The highest BCUT2D eigenvalue weighted by Gasteiger charge is 2.26. The van der Waals surface area contributed by atoms with Crippen LogP contribution in [0.1, 0.15) is 23.6 Å². The van der Waals surface area contributed by atoms with Crippen molar-refractivity contribution in [2.24, 2.45) is 0 Å². The summed E-state index contributed by atoms with van der Waals surface area (Å²) in [4.78, 5) is 27.4. The highest BCUT2D eigenvalue weighted by Crippen LogP contribution is 2.15. The molecule has 32 heavy (non-hydrogen) atoms. The highest BCUT2D eigenvalue weighted by molar-refractivity contribution is 6.30. The summed E-state index contributed by atoms with van der Waals surface area (Å²) in [6.07, 6.45) is 0. The summed E-state index contributed by atoms with van der Waals surface area (Å²) < 4.78 is 5.63. The minimum Gasteiger partial charge on any atom is -0.484 e. The molecule has 0 aliphatic rings. The van der Waals surface area contributed by atoms with Crippen LogP contribution in [-0.2, 0) is 22.7 Å². The number of para-hydroxylation sites is 1. The molecule has 0 fully saturated rings. The molecule has 5 nitrogen and oxygen atoms in total. The van der Waals surface area contributed by atoms with Crippen LogP contribution in [0.2, 0.25) is 5.02 Å². The van der Waals surface area contributed by atoms with Gasteiger partial charge in [0.1, 0.15) is 11.8 Å². The molecule has 0 spiro atoms. The van der Waals surface area contributed by atoms with E-state index < -0.39 is 6.04 Å². The number of nitrogens with zero attached hydrogens (tertiary/aromatic N) is 1. The van der Waals surface area contributed by atoms with Crippen LogP contribution in [0.3, 0.4) is 0 Å². The lowest BCUT2D eigenvalue weighted by molar-refractivity contribution is -0.142. The molecule has 3 rings (SSSR count). The Kier molecular flexibility index (Phi) is 8.28. The van der Waals surface area contributed by atoms with Crippen molar-refractivity contribution in [1.82, 2.24) is 10.2 Å². The lowest BCUT2D eigenvalue weighted by atomic mass is 10.1. The van der Waals surface area contributed by atoms with E-state index in [1.54, 1.807) is 31.2 Å². The number of hydrogen-bond donors (Lipinski definition) is 1. The Hall–Kier alpha value is -3.31. The first kappa shape index (κ1) is 23.4. The second-order valence-electron chi connectivity index (χ2n) is 7.63. The molecule has 0 saturated carbocycles. The van der Waals surface area contributed by atoms with E-state index in [0.29, 0.717) is 17.3 Å². The maximum Gasteiger partial charge on any atom is 0.261 e. The van der Waals surface area contributed by atoms with E-state index in [-0.39, 0.29) is 25.0 Å². The van der Waals surface area contributed by atoms with Crippen LogP contribution in [0, 0.1) is 6.92 Å². The third-order valence-corrected chi connectivity index (χ3v) is 5.38. The van der Waals surface area contributed by atoms with E-state index in [0.717, 1.165) is 16.7 Å². The minimum absolute atomic E-state index is 0.160. The van der Waals surface area contributed by atoms with Crippen molar-refractivity contribution in [3.63, 3.8) is 0 Å². The normalized spacial score (nSPS) is 11.5. The average molecular weight is 451 g/mol. The molecule has 0 bridgehead atoms. The van der Waals surface area contributed by atoms with Crippen LogP contribution < -0.4 is 10.1 Å². The monoisotopic (exact) mass is 450 g/mol. The van der Waals surface area contributed by atoms with Crippen molar-refractivity contribution in [2.75, 3.05) is 6.61 Å². The van der Waals surface area contributed by atoms with E-state index in [4.69, 9.17) is 16.3 Å². The number of hydrogen-bond acceptors (Lipinski definition) is 3. The third kappa shape index (κ3) is 6.86. The van der Waals surface area contributed by atoms with E-state index in [2.05, 4.69) is 5.32 Å². The molecule has 0 radical (unpaired) electrons. The molecule has 0 aliphatic carbocycles. The van der Waals surface area contributed by atoms with E-state index in [9.17, 15) is 9.59 Å². The molecule has 0 saturated heterocycles. The molecule has 1 atom stereocenters. The Bertz CT molecular complexity index is 1020. The SMILES string of the molecule is Cc1ccc(CNC(=O)C(C)N(Cc2ccc(Cl)cc2)C(=O)COc2ccccc2)cc1. The van der Waals surface area contributed by atoms with Crippen molar-refractivity contribution in [1.29, 1.82) is 0 Å². The summed E-state index contributed by atoms with van der Waals surface area (Å²) in [7, 11) is 0. The van der Waals surface area contributed by atoms with E-state index >= 15 is 0 Å². The van der Waals surface area contributed by atoms with Gasteiger partial charge in [0, 0.05) is 18.1 Å². The first-order valence-electron chi connectivity index (χ1n) is 10.5. The van der Waals surface area contributed by atoms with Crippen LogP contribution in [0.25, 0.3) is 0 Å². The third-order valence-electron chi connectivity index (χ3n) is 5.13.